The van der Waals surface area contributed by atoms with Crippen LogP contribution in [0.2, 0.25) is 0 Å². The number of carbonyl (C=O) groups is 1. The van der Waals surface area contributed by atoms with E-state index in [0.717, 1.165) is 10.6 Å². The fourth-order valence-corrected chi connectivity index (χ4v) is 5.49. The lowest BCUT2D eigenvalue weighted by molar-refractivity contribution is -0.141. The Balaban J connectivity index is 1.60. The molecule has 0 unspecified atom stereocenters. The second-order valence-corrected chi connectivity index (χ2v) is 11.9. The van der Waals surface area contributed by atoms with Gasteiger partial charge in [-0.05, 0) is 52.0 Å². The SMILES string of the molecule is CC#CCn1c(N2CCC[C@@H](NC(=O)OC(C)(C)C)C2)nc2c1c(=O)n(Cc1nc(C(F)(F)F)cc3ccccc13)c(=O)n2C. The lowest BCUT2D eigenvalue weighted by Crippen LogP contribution is -2.49. The Bertz CT molecular complexity index is 1960. The summed E-state index contributed by atoms with van der Waals surface area (Å²) in [5, 5.41) is 3.57. The number of piperidine rings is 1. The lowest BCUT2D eigenvalue weighted by atomic mass is 10.1. The van der Waals surface area contributed by atoms with Crippen LogP contribution in [-0.4, -0.2) is 54.5 Å². The number of hydrogen-bond donors (Lipinski definition) is 1. The zero-order chi connectivity index (χ0) is 32.7. The average Bonchev–Trinajstić information content (AvgIpc) is 3.35. The van der Waals surface area contributed by atoms with Crippen molar-refractivity contribution in [1.82, 2.24) is 29.0 Å². The Morgan fingerprint density at radius 1 is 1.13 bits per heavy atom. The molecule has 0 spiro atoms. The molecule has 1 aliphatic rings. The number of ether oxygens (including phenoxy) is 1. The van der Waals surface area contributed by atoms with Crippen LogP contribution in [-0.2, 0) is 31.1 Å². The number of anilines is 1. The Hall–Kier alpha value is -4.80. The minimum Gasteiger partial charge on any atom is -0.444 e. The van der Waals surface area contributed by atoms with E-state index in [1.165, 1.54) is 17.7 Å². The number of carbonyl (C=O) groups excluding carboxylic acids is 1. The number of pyridine rings is 1. The van der Waals surface area contributed by atoms with Gasteiger partial charge in [-0.15, -0.1) is 5.92 Å². The molecule has 3 aromatic heterocycles. The van der Waals surface area contributed by atoms with Gasteiger partial charge in [-0.2, -0.15) is 18.2 Å². The topological polar surface area (TPSA) is 116 Å². The second kappa shape index (κ2) is 11.9. The highest BCUT2D eigenvalue weighted by molar-refractivity contribution is 5.85. The van der Waals surface area contributed by atoms with Gasteiger partial charge < -0.3 is 15.0 Å². The van der Waals surface area contributed by atoms with Crippen LogP contribution in [0.15, 0.2) is 39.9 Å². The molecular formula is C31H34F3N7O4. The number of fused-ring (bicyclic) bond motifs is 2. The van der Waals surface area contributed by atoms with Crippen LogP contribution in [0.1, 0.15) is 51.9 Å². The van der Waals surface area contributed by atoms with Crippen LogP contribution in [0.25, 0.3) is 21.9 Å². The molecule has 1 saturated heterocycles. The molecule has 0 aliphatic carbocycles. The maximum Gasteiger partial charge on any atom is 0.433 e. The van der Waals surface area contributed by atoms with E-state index < -0.39 is 41.4 Å². The minimum atomic E-state index is -4.73. The maximum atomic E-state index is 14.0. The van der Waals surface area contributed by atoms with E-state index in [1.54, 1.807) is 50.5 Å². The maximum absolute atomic E-state index is 14.0. The first-order valence-corrected chi connectivity index (χ1v) is 14.5. The summed E-state index contributed by atoms with van der Waals surface area (Å²) < 4.78 is 50.3. The van der Waals surface area contributed by atoms with E-state index in [-0.39, 0.29) is 34.8 Å². The molecular weight excluding hydrogens is 591 g/mol. The van der Waals surface area contributed by atoms with Gasteiger partial charge in [0.2, 0.25) is 5.95 Å². The number of aryl methyl sites for hydroxylation is 1. The summed E-state index contributed by atoms with van der Waals surface area (Å²) in [4.78, 5) is 50.5. The predicted octanol–water partition coefficient (Wildman–Crippen LogP) is 4.03. The highest BCUT2D eigenvalue weighted by atomic mass is 19.4. The number of rotatable bonds is 5. The molecule has 1 atom stereocenters. The van der Waals surface area contributed by atoms with E-state index in [9.17, 15) is 27.6 Å². The van der Waals surface area contributed by atoms with Crippen molar-refractivity contribution in [3.05, 3.63) is 62.6 Å². The normalized spacial score (nSPS) is 15.6. The molecule has 14 heteroatoms. The highest BCUT2D eigenvalue weighted by Gasteiger charge is 2.34. The van der Waals surface area contributed by atoms with Crippen molar-refractivity contribution in [2.45, 2.75) is 71.4 Å². The van der Waals surface area contributed by atoms with Crippen molar-refractivity contribution in [1.29, 1.82) is 0 Å². The van der Waals surface area contributed by atoms with Crippen LogP contribution >= 0.6 is 0 Å². The van der Waals surface area contributed by atoms with Crippen LogP contribution in [0.3, 0.4) is 0 Å². The Kier molecular flexibility index (Phi) is 8.39. The number of nitrogens with one attached hydrogen (secondary N) is 1. The van der Waals surface area contributed by atoms with Crippen LogP contribution in [0.4, 0.5) is 23.9 Å². The Labute approximate surface area is 256 Å². The largest absolute Gasteiger partial charge is 0.444 e. The first-order valence-electron chi connectivity index (χ1n) is 14.5. The Morgan fingerprint density at radius 2 is 1.87 bits per heavy atom. The number of benzene rings is 1. The number of alkyl carbamates (subject to hydrolysis) is 1. The fraction of sp³-hybridized carbons (Fsp3) is 0.452. The monoisotopic (exact) mass is 625 g/mol. The first-order chi connectivity index (χ1) is 21.2. The number of amides is 1. The molecule has 1 aromatic carbocycles. The third-order valence-corrected chi connectivity index (χ3v) is 7.47. The van der Waals surface area contributed by atoms with Gasteiger partial charge in [0.05, 0.1) is 18.8 Å². The van der Waals surface area contributed by atoms with E-state index in [2.05, 4.69) is 22.1 Å². The molecule has 11 nitrogen and oxygen atoms in total. The van der Waals surface area contributed by atoms with Crippen molar-refractivity contribution in [2.24, 2.45) is 7.05 Å². The lowest BCUT2D eigenvalue weighted by Gasteiger charge is -2.34. The minimum absolute atomic E-state index is 0.0642. The second-order valence-electron chi connectivity index (χ2n) is 11.9. The molecule has 238 valence electrons. The van der Waals surface area contributed by atoms with E-state index in [0.29, 0.717) is 37.3 Å². The molecule has 0 saturated carbocycles. The van der Waals surface area contributed by atoms with Crippen molar-refractivity contribution >= 4 is 34.0 Å². The number of alkyl halides is 3. The molecule has 4 aromatic rings. The van der Waals surface area contributed by atoms with Crippen LogP contribution < -0.4 is 21.5 Å². The summed E-state index contributed by atoms with van der Waals surface area (Å²) in [7, 11) is 1.45. The summed E-state index contributed by atoms with van der Waals surface area (Å²) in [6.45, 7) is 7.50. The number of imidazole rings is 1. The van der Waals surface area contributed by atoms with Gasteiger partial charge in [0.1, 0.15) is 11.3 Å². The first kappa shape index (κ1) is 31.6. The zero-order valence-electron chi connectivity index (χ0n) is 25.7. The standard InChI is InChI=1S/C31H34F3N7O4/c1-6-7-15-40-24-25(37-27(40)39-14-10-12-20(17-39)35-28(43)45-30(2,3)4)38(5)29(44)41(26(24)42)18-22-21-13-9-8-11-19(21)16-23(36-22)31(32,33)34/h8-9,11,13,16,20H,10,12,14-15,17-18H2,1-5H3,(H,35,43)/t20-/m1/s1. The summed E-state index contributed by atoms with van der Waals surface area (Å²) >= 11 is 0. The van der Waals surface area contributed by atoms with Gasteiger partial charge in [0.25, 0.3) is 5.56 Å². The van der Waals surface area contributed by atoms with Gasteiger partial charge in [0.15, 0.2) is 11.2 Å². The summed E-state index contributed by atoms with van der Waals surface area (Å²) in [5.41, 5.74) is -3.14. The number of aromatic nitrogens is 5. The van der Waals surface area contributed by atoms with Crippen LogP contribution in [0, 0.1) is 11.8 Å². The van der Waals surface area contributed by atoms with E-state index in [4.69, 9.17) is 9.72 Å². The third kappa shape index (κ3) is 6.52. The highest BCUT2D eigenvalue weighted by Crippen LogP contribution is 2.31. The average molecular weight is 626 g/mol. The van der Waals surface area contributed by atoms with Crippen molar-refractivity contribution in [3.8, 4) is 11.8 Å². The summed E-state index contributed by atoms with van der Waals surface area (Å²) in [6, 6.07) is 7.06. The molecule has 1 N–H and O–H groups in total. The number of hydrogen-bond acceptors (Lipinski definition) is 7. The third-order valence-electron chi connectivity index (χ3n) is 7.47. The molecule has 0 radical (unpaired) electrons. The number of nitrogens with zero attached hydrogens (tertiary/aromatic N) is 6. The van der Waals surface area contributed by atoms with Gasteiger partial charge in [-0.1, -0.05) is 30.2 Å². The molecule has 1 amide bonds. The zero-order valence-corrected chi connectivity index (χ0v) is 25.7. The predicted molar refractivity (Wildman–Crippen MR) is 163 cm³/mol. The van der Waals surface area contributed by atoms with Gasteiger partial charge in [-0.25, -0.2) is 14.6 Å². The van der Waals surface area contributed by atoms with Crippen molar-refractivity contribution in [2.75, 3.05) is 18.0 Å². The van der Waals surface area contributed by atoms with Gasteiger partial charge in [-0.3, -0.25) is 18.5 Å². The van der Waals surface area contributed by atoms with Gasteiger partial charge in [0, 0.05) is 31.6 Å². The fourth-order valence-electron chi connectivity index (χ4n) is 5.49. The van der Waals surface area contributed by atoms with Gasteiger partial charge >= 0.3 is 18.0 Å². The van der Waals surface area contributed by atoms with E-state index in [1.807, 2.05) is 4.90 Å². The van der Waals surface area contributed by atoms with E-state index >= 15 is 0 Å². The molecule has 4 heterocycles. The van der Waals surface area contributed by atoms with Crippen molar-refractivity contribution in [3.63, 3.8) is 0 Å². The van der Waals surface area contributed by atoms with Crippen molar-refractivity contribution < 1.29 is 22.7 Å². The molecule has 0 bridgehead atoms. The molecule has 5 rings (SSSR count). The quantitative estimate of drug-likeness (QED) is 0.333. The Morgan fingerprint density at radius 3 is 2.56 bits per heavy atom. The molecule has 1 fully saturated rings. The number of halogens is 3. The summed E-state index contributed by atoms with van der Waals surface area (Å²) in [5.74, 6) is 6.15. The molecule has 45 heavy (non-hydrogen) atoms. The summed E-state index contributed by atoms with van der Waals surface area (Å²) in [6.07, 6.45) is -3.86. The smallest absolute Gasteiger partial charge is 0.433 e. The van der Waals surface area contributed by atoms with Crippen LogP contribution in [0.5, 0.6) is 0 Å². The molecule has 1 aliphatic heterocycles.